The third-order valence-electron chi connectivity index (χ3n) is 11.5. The van der Waals surface area contributed by atoms with Crippen LogP contribution in [0.3, 0.4) is 0 Å². The maximum atomic E-state index is 12.3. The van der Waals surface area contributed by atoms with Crippen molar-refractivity contribution in [2.45, 2.75) is 246 Å². The van der Waals surface area contributed by atoms with Crippen molar-refractivity contribution in [3.8, 4) is 0 Å². The number of ether oxygens (including phenoxy) is 2. The molecule has 8 heteroatoms. The molecule has 0 saturated heterocycles. The van der Waals surface area contributed by atoms with E-state index in [1.54, 1.807) is 22.7 Å². The number of aromatic nitrogens is 2. The van der Waals surface area contributed by atoms with Gasteiger partial charge < -0.3 is 9.47 Å². The fourth-order valence-corrected chi connectivity index (χ4v) is 9.65. The van der Waals surface area contributed by atoms with Crippen LogP contribution < -0.4 is 9.13 Å². The van der Waals surface area contributed by atoms with Gasteiger partial charge in [0.05, 0.1) is 35.8 Å². The van der Waals surface area contributed by atoms with Crippen molar-refractivity contribution >= 4 is 34.6 Å². The number of aryl methyl sites for hydroxylation is 2. The Hall–Kier alpha value is -1.80. The summed E-state index contributed by atoms with van der Waals surface area (Å²) in [7, 11) is 0. The van der Waals surface area contributed by atoms with Gasteiger partial charge in [-0.15, -0.1) is 0 Å². The largest absolute Gasteiger partial charge is 0.465 e. The first kappa shape index (κ1) is 50.3. The van der Waals surface area contributed by atoms with E-state index in [1.165, 1.54) is 201 Å². The third kappa shape index (κ3) is 25.5. The molecule has 0 unspecified atom stereocenters. The lowest BCUT2D eigenvalue weighted by Gasteiger charge is -2.05. The average Bonchev–Trinajstić information content (AvgIpc) is 3.73. The predicted molar refractivity (Wildman–Crippen MR) is 238 cm³/mol. The molecule has 0 aliphatic rings. The van der Waals surface area contributed by atoms with Crippen molar-refractivity contribution in [1.82, 2.24) is 0 Å². The van der Waals surface area contributed by atoms with Crippen LogP contribution >= 0.6 is 22.7 Å². The Labute approximate surface area is 353 Å². The predicted octanol–water partition coefficient (Wildman–Crippen LogP) is 13.6. The molecule has 0 spiro atoms. The van der Waals surface area contributed by atoms with E-state index in [1.807, 2.05) is 0 Å². The quantitative estimate of drug-likeness (QED) is 0.0383. The van der Waals surface area contributed by atoms with E-state index < -0.39 is 0 Å². The van der Waals surface area contributed by atoms with Crippen molar-refractivity contribution < 1.29 is 28.2 Å². The van der Waals surface area contributed by atoms with E-state index in [2.05, 4.69) is 47.9 Å². The summed E-state index contributed by atoms with van der Waals surface area (Å²) in [6, 6.07) is 0. The number of thiazole rings is 2. The Morgan fingerprint density at radius 2 is 0.714 bits per heavy atom. The van der Waals surface area contributed by atoms with Crippen LogP contribution in [0, 0.1) is 13.8 Å². The molecular weight excluding hydrogens is 733 g/mol. The first-order valence-corrected chi connectivity index (χ1v) is 25.5. The van der Waals surface area contributed by atoms with Crippen molar-refractivity contribution in [1.29, 1.82) is 0 Å². The number of hydrogen-bond donors (Lipinski definition) is 0. The van der Waals surface area contributed by atoms with Gasteiger partial charge in [-0.05, 0) is 12.8 Å². The van der Waals surface area contributed by atoms with Gasteiger partial charge in [0.1, 0.15) is 13.1 Å². The zero-order chi connectivity index (χ0) is 40.3. The van der Waals surface area contributed by atoms with Gasteiger partial charge >= 0.3 is 11.9 Å². The van der Waals surface area contributed by atoms with Crippen molar-refractivity contribution in [2.24, 2.45) is 0 Å². The van der Waals surface area contributed by atoms with Gasteiger partial charge in [-0.1, -0.05) is 191 Å². The van der Waals surface area contributed by atoms with E-state index in [4.69, 9.17) is 9.47 Å². The summed E-state index contributed by atoms with van der Waals surface area (Å²) in [5, 5.41) is 0. The lowest BCUT2D eigenvalue weighted by atomic mass is 10.0. The fourth-order valence-electron chi connectivity index (χ4n) is 7.64. The smallest absolute Gasteiger partial charge is 0.306 e. The van der Waals surface area contributed by atoms with Crippen LogP contribution in [0.2, 0.25) is 0 Å². The van der Waals surface area contributed by atoms with Crippen molar-refractivity contribution in [3.05, 3.63) is 32.2 Å². The number of esters is 2. The van der Waals surface area contributed by atoms with Crippen LogP contribution in [0.5, 0.6) is 0 Å². The first-order valence-electron chi connectivity index (χ1n) is 23.7. The molecule has 322 valence electrons. The molecule has 56 heavy (non-hydrogen) atoms. The van der Waals surface area contributed by atoms with Crippen LogP contribution in [0.4, 0.5) is 0 Å². The summed E-state index contributed by atoms with van der Waals surface area (Å²) in [6.07, 6.45) is 40.2. The van der Waals surface area contributed by atoms with E-state index in [-0.39, 0.29) is 24.8 Å². The standard InChI is InChI=1S/C48H86N2O4S2/c1-5-7-9-11-13-15-17-19-21-23-25-27-29-31-37-49-41-55-45(43(49)3)35-39-53-47(51)33-34-48(52)54-40-36-46-44(4)50(42-56-46)38-32-30-28-26-24-22-20-18-16-14-12-10-8-6-2/h41-42H,5-40H2,1-4H3/q+2. The molecule has 6 nitrogen and oxygen atoms in total. The maximum absolute atomic E-state index is 12.3. The normalized spacial score (nSPS) is 11.4. The number of nitrogens with zero attached hydrogens (tertiary/aromatic N) is 2. The van der Waals surface area contributed by atoms with Crippen molar-refractivity contribution in [2.75, 3.05) is 13.2 Å². The highest BCUT2D eigenvalue weighted by atomic mass is 32.1. The van der Waals surface area contributed by atoms with Gasteiger partial charge in [0, 0.05) is 39.5 Å². The minimum Gasteiger partial charge on any atom is -0.465 e. The number of carbonyl (C=O) groups is 2. The van der Waals surface area contributed by atoms with Crippen LogP contribution in [-0.4, -0.2) is 25.2 Å². The highest BCUT2D eigenvalue weighted by Crippen LogP contribution is 2.17. The summed E-state index contributed by atoms with van der Waals surface area (Å²) >= 11 is 3.50. The minimum absolute atomic E-state index is 0.0681. The van der Waals surface area contributed by atoms with Crippen LogP contribution in [0.15, 0.2) is 11.0 Å². The Kier molecular flexibility index (Phi) is 31.6. The molecule has 2 rings (SSSR count). The lowest BCUT2D eigenvalue weighted by Crippen LogP contribution is -2.34. The second-order valence-corrected chi connectivity index (χ2v) is 18.4. The van der Waals surface area contributed by atoms with Gasteiger partial charge in [-0.25, -0.2) is 0 Å². The molecule has 2 aromatic rings. The zero-order valence-corrected chi connectivity index (χ0v) is 38.6. The highest BCUT2D eigenvalue weighted by Gasteiger charge is 2.18. The zero-order valence-electron chi connectivity index (χ0n) is 37.0. The summed E-state index contributed by atoms with van der Waals surface area (Å²) in [5.41, 5.74) is 6.99. The Balaban J connectivity index is 1.43. The third-order valence-corrected chi connectivity index (χ3v) is 13.8. The number of unbranched alkanes of at least 4 members (excludes halogenated alkanes) is 26. The summed E-state index contributed by atoms with van der Waals surface area (Å²) in [4.78, 5) is 27.2. The monoisotopic (exact) mass is 819 g/mol. The van der Waals surface area contributed by atoms with E-state index >= 15 is 0 Å². The molecule has 0 radical (unpaired) electrons. The number of rotatable bonds is 39. The van der Waals surface area contributed by atoms with E-state index in [0.29, 0.717) is 13.2 Å². The SMILES string of the molecule is CCCCCCCCCCCCCCCC[n+]1csc(CCOC(=O)CCC(=O)OCCc2sc[n+](CCCCCCCCCCCCCCCC)c2C)c1C. The van der Waals surface area contributed by atoms with Crippen LogP contribution in [0.1, 0.15) is 228 Å². The highest BCUT2D eigenvalue weighted by molar-refractivity contribution is 7.09. The Morgan fingerprint density at radius 1 is 0.446 bits per heavy atom. The minimum atomic E-state index is -0.329. The first-order chi connectivity index (χ1) is 27.5. The fraction of sp³-hybridized carbons (Fsp3) is 0.833. The molecule has 0 aromatic carbocycles. The summed E-state index contributed by atoms with van der Waals surface area (Å²) in [6.45, 7) is 11.7. The molecule has 0 aliphatic heterocycles. The van der Waals surface area contributed by atoms with Gasteiger partial charge in [0.2, 0.25) is 11.0 Å². The molecule has 2 aromatic heterocycles. The second-order valence-electron chi connectivity index (χ2n) is 16.5. The second kappa shape index (κ2) is 35.2. The molecule has 0 amide bonds. The van der Waals surface area contributed by atoms with Gasteiger partial charge in [0.15, 0.2) is 11.4 Å². The summed E-state index contributed by atoms with van der Waals surface area (Å²) < 4.78 is 15.7. The molecule has 2 heterocycles. The topological polar surface area (TPSA) is 60.4 Å². The molecule has 0 N–H and O–H groups in total. The molecular formula is C48H86N2O4S2+2. The van der Waals surface area contributed by atoms with Crippen molar-refractivity contribution in [3.63, 3.8) is 0 Å². The number of carbonyl (C=O) groups excluding carboxylic acids is 2. The van der Waals surface area contributed by atoms with Gasteiger partial charge in [-0.3, -0.25) is 9.59 Å². The summed E-state index contributed by atoms with van der Waals surface area (Å²) in [5.74, 6) is -0.657. The molecule has 0 fully saturated rings. The van der Waals surface area contributed by atoms with Gasteiger partial charge in [0.25, 0.3) is 0 Å². The molecule has 0 atom stereocenters. The molecule has 0 saturated carbocycles. The van der Waals surface area contributed by atoms with E-state index in [0.717, 1.165) is 25.9 Å². The Morgan fingerprint density at radius 3 is 1.00 bits per heavy atom. The molecule has 0 aliphatic carbocycles. The van der Waals surface area contributed by atoms with Crippen LogP contribution in [-0.2, 0) is 45.0 Å². The lowest BCUT2D eigenvalue weighted by molar-refractivity contribution is -0.698. The molecule has 0 bridgehead atoms. The number of hydrogen-bond acceptors (Lipinski definition) is 6. The van der Waals surface area contributed by atoms with E-state index in [9.17, 15) is 9.59 Å². The maximum Gasteiger partial charge on any atom is 0.306 e. The van der Waals surface area contributed by atoms with Gasteiger partial charge in [-0.2, -0.15) is 9.13 Å². The Bertz CT molecular complexity index is 1150. The van der Waals surface area contributed by atoms with Crippen LogP contribution in [0.25, 0.3) is 0 Å². The average molecular weight is 819 g/mol.